The van der Waals surface area contributed by atoms with Gasteiger partial charge in [-0.25, -0.2) is 0 Å². The molecular formula is C20H32N4O2. The minimum Gasteiger partial charge on any atom is -0.473 e. The van der Waals surface area contributed by atoms with Gasteiger partial charge in [-0.05, 0) is 44.6 Å². The summed E-state index contributed by atoms with van der Waals surface area (Å²) >= 11 is 0. The summed E-state index contributed by atoms with van der Waals surface area (Å²) in [7, 11) is 0. The zero-order chi connectivity index (χ0) is 18.4. The van der Waals surface area contributed by atoms with Crippen LogP contribution < -0.4 is 9.64 Å². The fourth-order valence-corrected chi connectivity index (χ4v) is 3.95. The lowest BCUT2D eigenvalue weighted by atomic mass is 9.98. The maximum atomic E-state index is 12.5. The lowest BCUT2D eigenvalue weighted by Gasteiger charge is -2.36. The Morgan fingerprint density at radius 3 is 2.35 bits per heavy atom. The van der Waals surface area contributed by atoms with Crippen LogP contribution in [0.15, 0.2) is 12.1 Å². The Kier molecular flexibility index (Phi) is 6.69. The minimum absolute atomic E-state index is 0.164. The molecule has 0 bridgehead atoms. The molecule has 0 atom stereocenters. The number of carbonyl (C=O) groups is 1. The SMILES string of the molecule is CCC(CC)C(=O)N1CCN(c2ccc(OC3CCCCC3)nn2)CC1. The van der Waals surface area contributed by atoms with Crippen LogP contribution in [0.4, 0.5) is 5.82 Å². The van der Waals surface area contributed by atoms with Crippen molar-refractivity contribution in [3.05, 3.63) is 12.1 Å². The molecule has 2 fully saturated rings. The van der Waals surface area contributed by atoms with Crippen molar-refractivity contribution < 1.29 is 9.53 Å². The topological polar surface area (TPSA) is 58.6 Å². The fourth-order valence-electron chi connectivity index (χ4n) is 3.95. The lowest BCUT2D eigenvalue weighted by molar-refractivity contribution is -0.136. The van der Waals surface area contributed by atoms with E-state index in [4.69, 9.17) is 4.74 Å². The molecule has 1 saturated carbocycles. The summed E-state index contributed by atoms with van der Waals surface area (Å²) in [6.45, 7) is 7.32. The summed E-state index contributed by atoms with van der Waals surface area (Å²) in [5.41, 5.74) is 0. The van der Waals surface area contributed by atoms with E-state index < -0.39 is 0 Å². The molecule has 3 rings (SSSR count). The largest absolute Gasteiger partial charge is 0.473 e. The first-order chi connectivity index (χ1) is 12.7. The smallest absolute Gasteiger partial charge is 0.233 e. The third-order valence-corrected chi connectivity index (χ3v) is 5.72. The Morgan fingerprint density at radius 2 is 1.77 bits per heavy atom. The van der Waals surface area contributed by atoms with Gasteiger partial charge in [-0.15, -0.1) is 10.2 Å². The van der Waals surface area contributed by atoms with E-state index in [0.717, 1.165) is 57.7 Å². The van der Waals surface area contributed by atoms with E-state index in [1.165, 1.54) is 19.3 Å². The molecular weight excluding hydrogens is 328 g/mol. The van der Waals surface area contributed by atoms with Gasteiger partial charge in [-0.2, -0.15) is 0 Å². The molecule has 1 aromatic rings. The summed E-state index contributed by atoms with van der Waals surface area (Å²) < 4.78 is 5.95. The fraction of sp³-hybridized carbons (Fsp3) is 0.750. The summed E-state index contributed by atoms with van der Waals surface area (Å²) in [4.78, 5) is 16.7. The van der Waals surface area contributed by atoms with Crippen molar-refractivity contribution in [2.75, 3.05) is 31.1 Å². The van der Waals surface area contributed by atoms with Gasteiger partial charge in [0, 0.05) is 38.2 Å². The second-order valence-corrected chi connectivity index (χ2v) is 7.43. The second-order valence-electron chi connectivity index (χ2n) is 7.43. The third-order valence-electron chi connectivity index (χ3n) is 5.72. The van der Waals surface area contributed by atoms with E-state index in [-0.39, 0.29) is 5.92 Å². The zero-order valence-corrected chi connectivity index (χ0v) is 16.2. The van der Waals surface area contributed by atoms with Gasteiger partial charge in [0.05, 0.1) is 0 Å². The Hall–Kier alpha value is -1.85. The molecule has 2 aliphatic rings. The van der Waals surface area contributed by atoms with Crippen LogP contribution in [0.3, 0.4) is 0 Å². The standard InChI is InChI=1S/C20H32N4O2/c1-3-16(4-2)20(25)24-14-12-23(13-15-24)18-10-11-19(22-21-18)26-17-8-6-5-7-9-17/h10-11,16-17H,3-9,12-15H2,1-2H3. The number of hydrogen-bond acceptors (Lipinski definition) is 5. The summed E-state index contributed by atoms with van der Waals surface area (Å²) in [5, 5.41) is 8.62. The summed E-state index contributed by atoms with van der Waals surface area (Å²) in [6.07, 6.45) is 8.19. The van der Waals surface area contributed by atoms with Gasteiger partial charge < -0.3 is 14.5 Å². The average Bonchev–Trinajstić information content (AvgIpc) is 2.70. The molecule has 0 unspecified atom stereocenters. The molecule has 144 valence electrons. The average molecular weight is 361 g/mol. The predicted molar refractivity (Wildman–Crippen MR) is 102 cm³/mol. The first-order valence-electron chi connectivity index (χ1n) is 10.2. The van der Waals surface area contributed by atoms with Crippen LogP contribution >= 0.6 is 0 Å². The molecule has 1 saturated heterocycles. The number of nitrogens with zero attached hydrogens (tertiary/aromatic N) is 4. The van der Waals surface area contributed by atoms with Crippen LogP contribution in [0.1, 0.15) is 58.8 Å². The van der Waals surface area contributed by atoms with Gasteiger partial charge in [-0.1, -0.05) is 20.3 Å². The molecule has 6 heteroatoms. The van der Waals surface area contributed by atoms with Crippen LogP contribution in [-0.4, -0.2) is 53.3 Å². The van der Waals surface area contributed by atoms with Gasteiger partial charge in [0.15, 0.2) is 5.82 Å². The number of carbonyl (C=O) groups excluding carboxylic acids is 1. The highest BCUT2D eigenvalue weighted by Crippen LogP contribution is 2.23. The minimum atomic E-state index is 0.164. The lowest BCUT2D eigenvalue weighted by Crippen LogP contribution is -2.50. The second kappa shape index (κ2) is 9.19. The molecule has 0 aromatic carbocycles. The number of rotatable bonds is 6. The van der Waals surface area contributed by atoms with Crippen molar-refractivity contribution in [3.8, 4) is 5.88 Å². The summed E-state index contributed by atoms with van der Waals surface area (Å²) in [5.74, 6) is 1.97. The highest BCUT2D eigenvalue weighted by atomic mass is 16.5. The van der Waals surface area contributed by atoms with Crippen LogP contribution in [-0.2, 0) is 4.79 Å². The molecule has 1 aliphatic heterocycles. The number of amides is 1. The molecule has 2 heterocycles. The monoisotopic (exact) mass is 360 g/mol. The van der Waals surface area contributed by atoms with E-state index in [0.29, 0.717) is 17.9 Å². The molecule has 1 aromatic heterocycles. The van der Waals surface area contributed by atoms with E-state index in [1.807, 2.05) is 17.0 Å². The van der Waals surface area contributed by atoms with E-state index in [2.05, 4.69) is 28.9 Å². The molecule has 6 nitrogen and oxygen atoms in total. The number of hydrogen-bond donors (Lipinski definition) is 0. The quantitative estimate of drug-likeness (QED) is 0.779. The van der Waals surface area contributed by atoms with Crippen molar-refractivity contribution in [2.45, 2.75) is 64.9 Å². The molecule has 0 N–H and O–H groups in total. The van der Waals surface area contributed by atoms with E-state index in [9.17, 15) is 4.79 Å². The normalized spacial score (nSPS) is 19.0. The van der Waals surface area contributed by atoms with Crippen LogP contribution in [0, 0.1) is 5.92 Å². The van der Waals surface area contributed by atoms with Gasteiger partial charge in [0.1, 0.15) is 6.10 Å². The van der Waals surface area contributed by atoms with Crippen molar-refractivity contribution >= 4 is 11.7 Å². The maximum Gasteiger partial charge on any atom is 0.233 e. The number of aromatic nitrogens is 2. The van der Waals surface area contributed by atoms with Crippen molar-refractivity contribution in [1.82, 2.24) is 15.1 Å². The highest BCUT2D eigenvalue weighted by molar-refractivity contribution is 5.79. The maximum absolute atomic E-state index is 12.5. The third kappa shape index (κ3) is 4.65. The molecule has 1 aliphatic carbocycles. The highest BCUT2D eigenvalue weighted by Gasteiger charge is 2.26. The zero-order valence-electron chi connectivity index (χ0n) is 16.2. The summed E-state index contributed by atoms with van der Waals surface area (Å²) in [6, 6.07) is 3.92. The van der Waals surface area contributed by atoms with Gasteiger partial charge in [0.25, 0.3) is 0 Å². The predicted octanol–water partition coefficient (Wildman–Crippen LogP) is 3.27. The van der Waals surface area contributed by atoms with E-state index in [1.54, 1.807) is 0 Å². The van der Waals surface area contributed by atoms with Crippen LogP contribution in [0.25, 0.3) is 0 Å². The van der Waals surface area contributed by atoms with Crippen molar-refractivity contribution in [2.24, 2.45) is 5.92 Å². The Balaban J connectivity index is 1.50. The van der Waals surface area contributed by atoms with E-state index >= 15 is 0 Å². The number of ether oxygens (including phenoxy) is 1. The Bertz CT molecular complexity index is 560. The molecule has 0 radical (unpaired) electrons. The first kappa shape index (κ1) is 18.9. The number of anilines is 1. The Morgan fingerprint density at radius 1 is 1.08 bits per heavy atom. The van der Waals surface area contributed by atoms with Gasteiger partial charge >= 0.3 is 0 Å². The van der Waals surface area contributed by atoms with Crippen LogP contribution in [0.2, 0.25) is 0 Å². The Labute approximate surface area is 156 Å². The molecule has 26 heavy (non-hydrogen) atoms. The van der Waals surface area contributed by atoms with Crippen molar-refractivity contribution in [3.63, 3.8) is 0 Å². The van der Waals surface area contributed by atoms with Crippen LogP contribution in [0.5, 0.6) is 5.88 Å². The van der Waals surface area contributed by atoms with Gasteiger partial charge in [0.2, 0.25) is 11.8 Å². The van der Waals surface area contributed by atoms with Gasteiger partial charge in [-0.3, -0.25) is 4.79 Å². The molecule has 1 amide bonds. The molecule has 0 spiro atoms. The number of piperazine rings is 1. The first-order valence-corrected chi connectivity index (χ1v) is 10.2. The van der Waals surface area contributed by atoms with Crippen molar-refractivity contribution in [1.29, 1.82) is 0 Å².